The Morgan fingerprint density at radius 2 is 1.89 bits per heavy atom. The van der Waals surface area contributed by atoms with Crippen LogP contribution in [0.4, 0.5) is 0 Å². The maximum Gasteiger partial charge on any atom is 0.172 e. The van der Waals surface area contributed by atoms with E-state index >= 15 is 0 Å². The molecule has 2 heteroatoms. The van der Waals surface area contributed by atoms with Crippen LogP contribution in [-0.2, 0) is 6.54 Å². The Morgan fingerprint density at radius 1 is 1.11 bits per heavy atom. The van der Waals surface area contributed by atoms with E-state index in [9.17, 15) is 0 Å². The van der Waals surface area contributed by atoms with E-state index in [-0.39, 0.29) is 0 Å². The predicted octanol–water partition coefficient (Wildman–Crippen LogP) is 3.60. The quantitative estimate of drug-likeness (QED) is 0.763. The minimum atomic E-state index is 0.473. The molecular formula is C17H23N2+. The summed E-state index contributed by atoms with van der Waals surface area (Å²) in [6.45, 7) is 9.72. The lowest BCUT2D eigenvalue weighted by Gasteiger charge is -2.09. The Balaban J connectivity index is 2.12. The van der Waals surface area contributed by atoms with Crippen LogP contribution in [-0.4, -0.2) is 4.98 Å². The van der Waals surface area contributed by atoms with Crippen LogP contribution in [0.1, 0.15) is 49.4 Å². The van der Waals surface area contributed by atoms with Crippen molar-refractivity contribution in [1.82, 2.24) is 4.98 Å². The second kappa shape index (κ2) is 5.96. The lowest BCUT2D eigenvalue weighted by Crippen LogP contribution is -2.36. The molecule has 0 fully saturated rings. The molecule has 2 rings (SSSR count). The Morgan fingerprint density at radius 3 is 2.53 bits per heavy atom. The van der Waals surface area contributed by atoms with Crippen molar-refractivity contribution >= 4 is 0 Å². The van der Waals surface area contributed by atoms with Gasteiger partial charge in [0.05, 0.1) is 0 Å². The average molecular weight is 255 g/mol. The summed E-state index contributed by atoms with van der Waals surface area (Å²) in [6.07, 6.45) is 6.39. The van der Waals surface area contributed by atoms with Crippen molar-refractivity contribution in [1.29, 1.82) is 0 Å². The molecule has 0 saturated carbocycles. The first-order chi connectivity index (χ1) is 9.06. The van der Waals surface area contributed by atoms with Crippen LogP contribution in [0.15, 0.2) is 42.9 Å². The molecule has 0 aliphatic heterocycles. The molecule has 0 bridgehead atoms. The van der Waals surface area contributed by atoms with Gasteiger partial charge in [-0.15, -0.1) is 0 Å². The van der Waals surface area contributed by atoms with E-state index in [1.165, 1.54) is 11.1 Å². The van der Waals surface area contributed by atoms with Gasteiger partial charge in [0.1, 0.15) is 0 Å². The monoisotopic (exact) mass is 255 g/mol. The van der Waals surface area contributed by atoms with Crippen molar-refractivity contribution in [3.05, 3.63) is 59.7 Å². The number of pyridine rings is 2. The Labute approximate surface area is 116 Å². The highest BCUT2D eigenvalue weighted by atomic mass is 14.9. The van der Waals surface area contributed by atoms with Crippen LogP contribution in [0.5, 0.6) is 0 Å². The van der Waals surface area contributed by atoms with Gasteiger partial charge < -0.3 is 0 Å². The molecule has 2 nitrogen and oxygen atoms in total. The lowest BCUT2D eigenvalue weighted by atomic mass is 10.0. The molecule has 0 aromatic carbocycles. The third-order valence-corrected chi connectivity index (χ3v) is 3.54. The fourth-order valence-electron chi connectivity index (χ4n) is 2.19. The molecule has 2 aromatic heterocycles. The average Bonchev–Trinajstić information content (AvgIpc) is 2.39. The molecule has 0 spiro atoms. The summed E-state index contributed by atoms with van der Waals surface area (Å²) in [5.74, 6) is 1.05. The predicted molar refractivity (Wildman–Crippen MR) is 78.1 cm³/mol. The summed E-state index contributed by atoms with van der Waals surface area (Å²) in [5.41, 5.74) is 3.76. The van der Waals surface area contributed by atoms with Gasteiger partial charge in [-0.05, 0) is 30.5 Å². The largest absolute Gasteiger partial charge is 0.261 e. The van der Waals surface area contributed by atoms with Crippen LogP contribution in [0, 0.1) is 6.92 Å². The van der Waals surface area contributed by atoms with Crippen molar-refractivity contribution in [3.8, 4) is 0 Å². The Bertz CT molecular complexity index is 529. The normalized spacial score (nSPS) is 12.7. The van der Waals surface area contributed by atoms with Gasteiger partial charge >= 0.3 is 0 Å². The van der Waals surface area contributed by atoms with Gasteiger partial charge in [0.15, 0.2) is 18.9 Å². The summed E-state index contributed by atoms with van der Waals surface area (Å²) in [7, 11) is 0. The third kappa shape index (κ3) is 3.63. The zero-order chi connectivity index (χ0) is 13.8. The van der Waals surface area contributed by atoms with Gasteiger partial charge in [-0.25, -0.2) is 4.57 Å². The third-order valence-electron chi connectivity index (χ3n) is 3.54. The second-order valence-corrected chi connectivity index (χ2v) is 5.62. The molecule has 0 radical (unpaired) electrons. The van der Waals surface area contributed by atoms with E-state index in [2.05, 4.69) is 67.0 Å². The van der Waals surface area contributed by atoms with E-state index < -0.39 is 0 Å². The summed E-state index contributed by atoms with van der Waals surface area (Å²) in [6, 6.07) is 8.59. The van der Waals surface area contributed by atoms with Crippen molar-refractivity contribution in [2.24, 2.45) is 0 Å². The molecule has 0 saturated heterocycles. The van der Waals surface area contributed by atoms with Gasteiger partial charge in [-0.2, -0.15) is 0 Å². The molecule has 2 heterocycles. The summed E-state index contributed by atoms with van der Waals surface area (Å²) >= 11 is 0. The first kappa shape index (κ1) is 13.7. The van der Waals surface area contributed by atoms with Gasteiger partial charge in [-0.3, -0.25) is 4.98 Å². The number of aryl methyl sites for hydroxylation is 1. The van der Waals surface area contributed by atoms with Gasteiger partial charge in [0.25, 0.3) is 0 Å². The van der Waals surface area contributed by atoms with Crippen LogP contribution in [0.2, 0.25) is 0 Å². The van der Waals surface area contributed by atoms with Crippen LogP contribution < -0.4 is 4.57 Å². The number of hydrogen-bond acceptors (Lipinski definition) is 1. The summed E-state index contributed by atoms with van der Waals surface area (Å²) in [4.78, 5) is 4.38. The van der Waals surface area contributed by atoms with Gasteiger partial charge in [0.2, 0.25) is 0 Å². The lowest BCUT2D eigenvalue weighted by molar-refractivity contribution is -0.699. The van der Waals surface area contributed by atoms with E-state index in [0.29, 0.717) is 11.8 Å². The maximum atomic E-state index is 4.38. The smallest absolute Gasteiger partial charge is 0.172 e. The van der Waals surface area contributed by atoms with Crippen LogP contribution in [0.3, 0.4) is 0 Å². The van der Waals surface area contributed by atoms with Crippen LogP contribution in [0.25, 0.3) is 0 Å². The summed E-state index contributed by atoms with van der Waals surface area (Å²) < 4.78 is 2.28. The molecule has 0 aliphatic carbocycles. The van der Waals surface area contributed by atoms with Crippen molar-refractivity contribution in [2.45, 2.75) is 46.1 Å². The van der Waals surface area contributed by atoms with E-state index in [0.717, 1.165) is 12.2 Å². The molecule has 19 heavy (non-hydrogen) atoms. The van der Waals surface area contributed by atoms with Crippen molar-refractivity contribution < 1.29 is 4.57 Å². The Hall–Kier alpha value is -1.70. The van der Waals surface area contributed by atoms with Gasteiger partial charge in [0, 0.05) is 29.4 Å². The van der Waals surface area contributed by atoms with Crippen molar-refractivity contribution in [2.75, 3.05) is 0 Å². The molecule has 2 aromatic rings. The zero-order valence-electron chi connectivity index (χ0n) is 12.3. The highest BCUT2D eigenvalue weighted by Crippen LogP contribution is 2.15. The minimum Gasteiger partial charge on any atom is -0.261 e. The van der Waals surface area contributed by atoms with E-state index in [4.69, 9.17) is 0 Å². The van der Waals surface area contributed by atoms with Gasteiger partial charge in [-0.1, -0.05) is 26.8 Å². The molecule has 1 unspecified atom stereocenters. The van der Waals surface area contributed by atoms with E-state index in [1.807, 2.05) is 13.1 Å². The molecule has 0 N–H and O–H groups in total. The number of aromatic nitrogens is 2. The SMILES string of the molecule is Cc1ccc(C(C)C[n+]2cccc(C(C)C)c2)cn1. The standard InChI is InChI=1S/C17H23N2/c1-13(2)17-6-5-9-19(12-17)11-14(3)16-8-7-15(4)18-10-16/h5-10,12-14H,11H2,1-4H3/q+1. The minimum absolute atomic E-state index is 0.473. The van der Waals surface area contributed by atoms with Crippen molar-refractivity contribution in [3.63, 3.8) is 0 Å². The molecule has 0 amide bonds. The highest BCUT2D eigenvalue weighted by molar-refractivity contribution is 5.16. The Kier molecular flexibility index (Phi) is 4.31. The topological polar surface area (TPSA) is 16.8 Å². The number of nitrogens with zero attached hydrogens (tertiary/aromatic N) is 2. The molecule has 100 valence electrons. The summed E-state index contributed by atoms with van der Waals surface area (Å²) in [5, 5.41) is 0. The molecular weight excluding hydrogens is 232 g/mol. The fourth-order valence-corrected chi connectivity index (χ4v) is 2.19. The first-order valence-corrected chi connectivity index (χ1v) is 6.98. The van der Waals surface area contributed by atoms with E-state index in [1.54, 1.807) is 0 Å². The highest BCUT2D eigenvalue weighted by Gasteiger charge is 2.13. The fraction of sp³-hybridized carbons (Fsp3) is 0.412. The number of hydrogen-bond donors (Lipinski definition) is 0. The zero-order valence-corrected chi connectivity index (χ0v) is 12.3. The van der Waals surface area contributed by atoms with Crippen LogP contribution >= 0.6 is 0 Å². The molecule has 0 aliphatic rings. The molecule has 1 atom stereocenters. The number of rotatable bonds is 4. The maximum absolute atomic E-state index is 4.38. The first-order valence-electron chi connectivity index (χ1n) is 6.98. The second-order valence-electron chi connectivity index (χ2n) is 5.62.